The van der Waals surface area contributed by atoms with E-state index in [1.54, 1.807) is 0 Å². The van der Waals surface area contributed by atoms with Gasteiger partial charge in [0.2, 0.25) is 0 Å². The predicted molar refractivity (Wildman–Crippen MR) is 38.6 cm³/mol. The third-order valence-electron chi connectivity index (χ3n) is 1.31. The van der Waals surface area contributed by atoms with Gasteiger partial charge in [-0.25, -0.2) is 0 Å². The van der Waals surface area contributed by atoms with E-state index >= 15 is 0 Å². The lowest BCUT2D eigenvalue weighted by atomic mass is 9.27. The van der Waals surface area contributed by atoms with E-state index in [0.29, 0.717) is 12.1 Å². The first kappa shape index (κ1) is 7.73. The van der Waals surface area contributed by atoms with Gasteiger partial charge < -0.3 is 4.79 Å². The van der Waals surface area contributed by atoms with Crippen molar-refractivity contribution in [1.82, 2.24) is 0 Å². The Bertz CT molecular complexity index is 91.2. The molecule has 0 unspecified atom stereocenters. The molecule has 0 bridgehead atoms. The highest BCUT2D eigenvalue weighted by molar-refractivity contribution is 7.03. The second-order valence-electron chi connectivity index (χ2n) is 3.42. The van der Waals surface area contributed by atoms with Gasteiger partial charge in [-0.2, -0.15) is 20.5 Å². The lowest BCUT2D eigenvalue weighted by Gasteiger charge is -2.20. The predicted octanol–water partition coefficient (Wildman–Crippen LogP) is 1.84. The molecule has 48 valence electrons. The van der Waals surface area contributed by atoms with Crippen molar-refractivity contribution in [3.63, 3.8) is 0 Å². The molecule has 0 heterocycles. The summed E-state index contributed by atoms with van der Waals surface area (Å²) < 4.78 is 0. The first-order valence-corrected chi connectivity index (χ1v) is 3.29. The molecule has 0 aliphatic rings. The van der Waals surface area contributed by atoms with Gasteiger partial charge >= 0.3 is 0 Å². The molecule has 0 aromatic heterocycles. The summed E-state index contributed by atoms with van der Waals surface area (Å²) in [6, 6.07) is 0. The van der Waals surface area contributed by atoms with Crippen LogP contribution in [0.15, 0.2) is 0 Å². The molecule has 0 amide bonds. The third-order valence-corrected chi connectivity index (χ3v) is 1.31. The van der Waals surface area contributed by atoms with Gasteiger partial charge in [0.1, 0.15) is 0 Å². The zero-order valence-corrected chi connectivity index (χ0v) is 6.19. The quantitative estimate of drug-likeness (QED) is 0.499. The van der Waals surface area contributed by atoms with Gasteiger partial charge in [0.15, 0.2) is 0 Å². The first-order chi connectivity index (χ1) is 3.48. The third kappa shape index (κ3) is 2.15. The van der Waals surface area contributed by atoms with Crippen LogP contribution < -0.4 is 0 Å². The summed E-state index contributed by atoms with van der Waals surface area (Å²) in [6.45, 7) is 7.93. The van der Waals surface area contributed by atoms with E-state index in [1.807, 2.05) is 27.4 Å². The molecular weight excluding hydrogens is 98.9 g/mol. The zero-order valence-electron chi connectivity index (χ0n) is 6.19. The van der Waals surface area contributed by atoms with E-state index in [4.69, 9.17) is 0 Å². The highest BCUT2D eigenvalue weighted by atomic mass is 16.1. The smallest absolute Gasteiger partial charge is 0.0609 e. The Morgan fingerprint density at radius 3 is 1.75 bits per heavy atom. The molecule has 0 rings (SSSR count). The molecule has 0 aliphatic heterocycles. The van der Waals surface area contributed by atoms with Crippen molar-refractivity contribution in [2.45, 2.75) is 33.8 Å². The van der Waals surface area contributed by atoms with Gasteiger partial charge in [-0.3, -0.25) is 0 Å². The highest BCUT2D eigenvalue weighted by Gasteiger charge is 2.11. The fraction of sp³-hybridized carbons (Fsp3) is 0.833. The van der Waals surface area contributed by atoms with Crippen LogP contribution in [-0.2, 0) is 4.79 Å². The Hall–Kier alpha value is -0.265. The summed E-state index contributed by atoms with van der Waals surface area (Å²) in [7, 11) is 0. The Kier molecular flexibility index (Phi) is 2.26. The fourth-order valence-corrected chi connectivity index (χ4v) is 0.612. The van der Waals surface area contributed by atoms with Crippen molar-refractivity contribution in [3.8, 4) is 0 Å². The summed E-state index contributed by atoms with van der Waals surface area (Å²) in [4.78, 5) is 10.9. The summed E-state index contributed by atoms with van der Waals surface area (Å²) >= 11 is 0. The second-order valence-corrected chi connectivity index (χ2v) is 3.42. The van der Waals surface area contributed by atoms with E-state index in [9.17, 15) is 4.79 Å². The van der Waals surface area contributed by atoms with Crippen LogP contribution in [0.2, 0.25) is 20.5 Å². The number of rotatable bonds is 2. The average molecular weight is 113 g/mol. The molecule has 0 N–H and O–H groups in total. The van der Waals surface area contributed by atoms with Gasteiger partial charge in [-0.05, 0) is 12.1 Å². The number of hydrogen-bond acceptors (Lipinski definition) is 1. The molecule has 8 heavy (non-hydrogen) atoms. The van der Waals surface area contributed by atoms with Crippen LogP contribution in [0.1, 0.15) is 13.3 Å². The first-order valence-electron chi connectivity index (χ1n) is 3.29. The van der Waals surface area contributed by atoms with Gasteiger partial charge in [0.05, 0.1) is 6.15 Å². The maximum atomic E-state index is 10.9. The second kappa shape index (κ2) is 2.34. The van der Waals surface area contributed by atoms with E-state index in [0.717, 1.165) is 0 Å². The fourth-order valence-electron chi connectivity index (χ4n) is 0.612. The van der Waals surface area contributed by atoms with Crippen LogP contribution >= 0.6 is 0 Å². The number of carbonyl (C=O) groups is 1. The van der Waals surface area contributed by atoms with Crippen molar-refractivity contribution < 1.29 is 4.79 Å². The zero-order chi connectivity index (χ0) is 6.78. The van der Waals surface area contributed by atoms with Crippen LogP contribution in [-0.4, -0.2) is 11.8 Å². The average Bonchev–Trinajstić information content (AvgIpc) is 1.62. The Labute approximate surface area is 51.4 Å². The Balaban J connectivity index is 3.82. The minimum atomic E-state index is -0.701. The standard InChI is InChI=1S/C6H14BO/c1-5-6(8)7(2,3)4/h5H2,1-4H3/q-1. The lowest BCUT2D eigenvalue weighted by Crippen LogP contribution is -2.32. The Morgan fingerprint density at radius 1 is 1.38 bits per heavy atom. The van der Waals surface area contributed by atoms with Crippen LogP contribution in [0.4, 0.5) is 0 Å². The van der Waals surface area contributed by atoms with Crippen LogP contribution in [0.25, 0.3) is 0 Å². The molecule has 0 radical (unpaired) electrons. The van der Waals surface area contributed by atoms with E-state index < -0.39 is 6.15 Å². The van der Waals surface area contributed by atoms with Gasteiger partial charge in [-0.1, -0.05) is 6.92 Å². The molecule has 0 saturated carbocycles. The molecule has 0 aliphatic carbocycles. The van der Waals surface area contributed by atoms with E-state index in [-0.39, 0.29) is 0 Å². The van der Waals surface area contributed by atoms with E-state index in [1.165, 1.54) is 0 Å². The molecule has 0 aromatic carbocycles. The monoisotopic (exact) mass is 113 g/mol. The Morgan fingerprint density at radius 2 is 1.75 bits per heavy atom. The molecule has 0 spiro atoms. The topological polar surface area (TPSA) is 17.1 Å². The normalized spacial score (nSPS) is 11.5. The van der Waals surface area contributed by atoms with Gasteiger partial charge in [-0.15, -0.1) is 0 Å². The summed E-state index contributed by atoms with van der Waals surface area (Å²) in [5, 5.41) is 0. The van der Waals surface area contributed by atoms with Gasteiger partial charge in [0, 0.05) is 0 Å². The number of carbonyl (C=O) groups excluding carboxylic acids is 1. The van der Waals surface area contributed by atoms with Crippen molar-refractivity contribution >= 4 is 11.8 Å². The molecule has 0 fully saturated rings. The van der Waals surface area contributed by atoms with Crippen molar-refractivity contribution in [1.29, 1.82) is 0 Å². The lowest BCUT2D eigenvalue weighted by molar-refractivity contribution is -0.112. The minimum absolute atomic E-state index is 0.394. The van der Waals surface area contributed by atoms with Crippen LogP contribution in [0.5, 0.6) is 0 Å². The summed E-state index contributed by atoms with van der Waals surface area (Å²) in [5.74, 6) is 0. The minimum Gasteiger partial charge on any atom is -0.346 e. The molecule has 0 saturated heterocycles. The maximum Gasteiger partial charge on any atom is 0.0609 e. The molecular formula is C6H14BO-. The largest absolute Gasteiger partial charge is 0.346 e. The number of hydrogen-bond donors (Lipinski definition) is 0. The maximum absolute atomic E-state index is 10.9. The molecule has 0 atom stereocenters. The highest BCUT2D eigenvalue weighted by Crippen LogP contribution is 2.03. The molecule has 2 heteroatoms. The molecule has 0 aromatic rings. The molecule has 1 nitrogen and oxygen atoms in total. The van der Waals surface area contributed by atoms with Crippen molar-refractivity contribution in [3.05, 3.63) is 0 Å². The van der Waals surface area contributed by atoms with Crippen molar-refractivity contribution in [2.75, 3.05) is 0 Å². The van der Waals surface area contributed by atoms with E-state index in [2.05, 4.69) is 0 Å². The van der Waals surface area contributed by atoms with Crippen LogP contribution in [0.3, 0.4) is 0 Å². The summed E-state index contributed by atoms with van der Waals surface area (Å²) in [6.07, 6.45) is -0.0174. The van der Waals surface area contributed by atoms with Crippen molar-refractivity contribution in [2.24, 2.45) is 0 Å². The van der Waals surface area contributed by atoms with Gasteiger partial charge in [0.25, 0.3) is 0 Å². The van der Waals surface area contributed by atoms with Crippen LogP contribution in [0, 0.1) is 0 Å². The summed E-state index contributed by atoms with van der Waals surface area (Å²) in [5.41, 5.74) is 0.394. The SMILES string of the molecule is CCC(=O)[B-](C)(C)C.